The first-order valence-electron chi connectivity index (χ1n) is 7.79. The molecule has 2 aromatic rings. The van der Waals surface area contributed by atoms with Gasteiger partial charge in [0, 0.05) is 6.54 Å². The van der Waals surface area contributed by atoms with Gasteiger partial charge in [0.15, 0.2) is 6.10 Å². The molecule has 6 heteroatoms. The van der Waals surface area contributed by atoms with Crippen LogP contribution in [0.3, 0.4) is 0 Å². The Morgan fingerprint density at radius 2 is 1.76 bits per heavy atom. The molecule has 0 heterocycles. The van der Waals surface area contributed by atoms with Crippen LogP contribution in [0, 0.1) is 0 Å². The largest absolute Gasteiger partial charge is 0.497 e. The van der Waals surface area contributed by atoms with Crippen LogP contribution >= 0.6 is 0 Å². The summed E-state index contributed by atoms with van der Waals surface area (Å²) in [5.41, 5.74) is 1.16. The predicted molar refractivity (Wildman–Crippen MR) is 92.7 cm³/mol. The standard InChI is InChI=1S/C19H21NO5/c1-13(18(21)20-12-14-7-5-4-6-8-14)25-19(22)16-11-15(23-2)9-10-17(16)24-3/h4-11,13H,12H2,1-3H3,(H,20,21)/t13-/m1/s1. The molecule has 2 rings (SSSR count). The number of amides is 1. The molecule has 132 valence electrons. The summed E-state index contributed by atoms with van der Waals surface area (Å²) < 4.78 is 15.5. The Hall–Kier alpha value is -3.02. The van der Waals surface area contributed by atoms with Crippen LogP contribution in [-0.4, -0.2) is 32.2 Å². The molecular weight excluding hydrogens is 322 g/mol. The number of esters is 1. The third kappa shape index (κ3) is 4.97. The second-order valence-corrected chi connectivity index (χ2v) is 5.32. The first kappa shape index (κ1) is 18.3. The van der Waals surface area contributed by atoms with Gasteiger partial charge in [-0.1, -0.05) is 30.3 Å². The van der Waals surface area contributed by atoms with Gasteiger partial charge in [0.2, 0.25) is 0 Å². The van der Waals surface area contributed by atoms with Crippen LogP contribution in [0.15, 0.2) is 48.5 Å². The second kappa shape index (κ2) is 8.73. The van der Waals surface area contributed by atoms with Gasteiger partial charge in [0.1, 0.15) is 17.1 Å². The van der Waals surface area contributed by atoms with Gasteiger partial charge in [-0.15, -0.1) is 0 Å². The van der Waals surface area contributed by atoms with Crippen molar-refractivity contribution in [1.29, 1.82) is 0 Å². The maximum atomic E-state index is 12.3. The molecule has 1 amide bonds. The van der Waals surface area contributed by atoms with Crippen molar-refractivity contribution in [3.8, 4) is 11.5 Å². The van der Waals surface area contributed by atoms with Gasteiger partial charge in [-0.2, -0.15) is 0 Å². The van der Waals surface area contributed by atoms with E-state index in [1.54, 1.807) is 12.1 Å². The van der Waals surface area contributed by atoms with E-state index in [0.29, 0.717) is 18.0 Å². The van der Waals surface area contributed by atoms with Crippen molar-refractivity contribution in [1.82, 2.24) is 5.32 Å². The van der Waals surface area contributed by atoms with Gasteiger partial charge in [-0.25, -0.2) is 4.79 Å². The normalized spacial score (nSPS) is 11.3. The van der Waals surface area contributed by atoms with E-state index in [1.165, 1.54) is 27.2 Å². The Bertz CT molecular complexity index is 730. The fourth-order valence-corrected chi connectivity index (χ4v) is 2.18. The molecular formula is C19H21NO5. The number of rotatable bonds is 7. The second-order valence-electron chi connectivity index (χ2n) is 5.32. The van der Waals surface area contributed by atoms with Crippen molar-refractivity contribution in [3.05, 3.63) is 59.7 Å². The zero-order valence-electron chi connectivity index (χ0n) is 14.4. The van der Waals surface area contributed by atoms with Gasteiger partial charge >= 0.3 is 5.97 Å². The summed E-state index contributed by atoms with van der Waals surface area (Å²) in [5.74, 6) is -0.186. The smallest absolute Gasteiger partial charge is 0.342 e. The van der Waals surface area contributed by atoms with E-state index in [4.69, 9.17) is 14.2 Å². The lowest BCUT2D eigenvalue weighted by molar-refractivity contribution is -0.129. The van der Waals surface area contributed by atoms with Gasteiger partial charge in [-0.05, 0) is 30.7 Å². The lowest BCUT2D eigenvalue weighted by atomic mass is 10.2. The van der Waals surface area contributed by atoms with E-state index in [1.807, 2.05) is 30.3 Å². The van der Waals surface area contributed by atoms with Crippen molar-refractivity contribution in [2.24, 2.45) is 0 Å². The average molecular weight is 343 g/mol. The van der Waals surface area contributed by atoms with Gasteiger partial charge in [0.05, 0.1) is 14.2 Å². The molecule has 0 aliphatic carbocycles. The van der Waals surface area contributed by atoms with Crippen molar-refractivity contribution < 1.29 is 23.8 Å². The highest BCUT2D eigenvalue weighted by Gasteiger charge is 2.21. The minimum Gasteiger partial charge on any atom is -0.497 e. The SMILES string of the molecule is COc1ccc(OC)c(C(=O)O[C@H](C)C(=O)NCc2ccccc2)c1. The topological polar surface area (TPSA) is 73.9 Å². The van der Waals surface area contributed by atoms with Gasteiger partial charge in [0.25, 0.3) is 5.91 Å². The molecule has 1 N–H and O–H groups in total. The summed E-state index contributed by atoms with van der Waals surface area (Å²) >= 11 is 0. The predicted octanol–water partition coefficient (Wildman–Crippen LogP) is 2.57. The summed E-state index contributed by atoms with van der Waals surface area (Å²) in [4.78, 5) is 24.5. The first-order valence-corrected chi connectivity index (χ1v) is 7.79. The lowest BCUT2D eigenvalue weighted by Gasteiger charge is -2.15. The Morgan fingerprint density at radius 3 is 2.40 bits per heavy atom. The zero-order valence-corrected chi connectivity index (χ0v) is 14.4. The van der Waals surface area contributed by atoms with Crippen molar-refractivity contribution in [2.45, 2.75) is 19.6 Å². The molecule has 0 radical (unpaired) electrons. The molecule has 6 nitrogen and oxygen atoms in total. The van der Waals surface area contributed by atoms with E-state index in [9.17, 15) is 9.59 Å². The van der Waals surface area contributed by atoms with Crippen LogP contribution in [0.4, 0.5) is 0 Å². The van der Waals surface area contributed by atoms with E-state index >= 15 is 0 Å². The minimum absolute atomic E-state index is 0.199. The van der Waals surface area contributed by atoms with Crippen LogP contribution < -0.4 is 14.8 Å². The highest BCUT2D eigenvalue weighted by atomic mass is 16.5. The number of ether oxygens (including phenoxy) is 3. The molecule has 0 saturated carbocycles. The molecule has 2 aromatic carbocycles. The molecule has 25 heavy (non-hydrogen) atoms. The number of carbonyl (C=O) groups excluding carboxylic acids is 2. The van der Waals surface area contributed by atoms with E-state index in [2.05, 4.69) is 5.32 Å². The van der Waals surface area contributed by atoms with Crippen molar-refractivity contribution >= 4 is 11.9 Å². The van der Waals surface area contributed by atoms with Gasteiger partial charge < -0.3 is 19.5 Å². The summed E-state index contributed by atoms with van der Waals surface area (Å²) in [6.45, 7) is 1.88. The summed E-state index contributed by atoms with van der Waals surface area (Å²) in [7, 11) is 2.95. The number of nitrogens with one attached hydrogen (secondary N) is 1. The highest BCUT2D eigenvalue weighted by Crippen LogP contribution is 2.25. The Morgan fingerprint density at radius 1 is 1.04 bits per heavy atom. The molecule has 0 aromatic heterocycles. The maximum Gasteiger partial charge on any atom is 0.342 e. The first-order chi connectivity index (χ1) is 12.0. The van der Waals surface area contributed by atoms with Crippen LogP contribution in [0.2, 0.25) is 0 Å². The minimum atomic E-state index is -0.938. The fourth-order valence-electron chi connectivity index (χ4n) is 2.18. The van der Waals surface area contributed by atoms with Crippen LogP contribution in [0.25, 0.3) is 0 Å². The van der Waals surface area contributed by atoms with Crippen LogP contribution in [0.1, 0.15) is 22.8 Å². The molecule has 0 aliphatic heterocycles. The third-order valence-corrected chi connectivity index (χ3v) is 3.59. The Balaban J connectivity index is 1.98. The molecule has 0 aliphatic rings. The number of hydrogen-bond donors (Lipinski definition) is 1. The number of hydrogen-bond acceptors (Lipinski definition) is 5. The summed E-state index contributed by atoms with van der Waals surface area (Å²) in [6, 6.07) is 14.3. The van der Waals surface area contributed by atoms with E-state index < -0.39 is 12.1 Å². The van der Waals surface area contributed by atoms with Crippen LogP contribution in [0.5, 0.6) is 11.5 Å². The third-order valence-electron chi connectivity index (χ3n) is 3.59. The van der Waals surface area contributed by atoms with Gasteiger partial charge in [-0.3, -0.25) is 4.79 Å². The van der Waals surface area contributed by atoms with Crippen molar-refractivity contribution in [3.63, 3.8) is 0 Å². The van der Waals surface area contributed by atoms with E-state index in [0.717, 1.165) is 5.56 Å². The molecule has 0 bridgehead atoms. The quantitative estimate of drug-likeness (QED) is 0.782. The van der Waals surface area contributed by atoms with Crippen LogP contribution in [-0.2, 0) is 16.1 Å². The number of benzene rings is 2. The Labute approximate surface area is 146 Å². The monoisotopic (exact) mass is 343 g/mol. The summed E-state index contributed by atoms with van der Waals surface area (Å²) in [6.07, 6.45) is -0.938. The summed E-state index contributed by atoms with van der Waals surface area (Å²) in [5, 5.41) is 2.73. The lowest BCUT2D eigenvalue weighted by Crippen LogP contribution is -2.35. The highest BCUT2D eigenvalue weighted by molar-refractivity contribution is 5.95. The fraction of sp³-hybridized carbons (Fsp3) is 0.263. The molecule has 0 unspecified atom stereocenters. The number of carbonyl (C=O) groups is 2. The maximum absolute atomic E-state index is 12.3. The average Bonchev–Trinajstić information content (AvgIpc) is 2.66. The van der Waals surface area contributed by atoms with E-state index in [-0.39, 0.29) is 11.5 Å². The molecule has 0 saturated heterocycles. The Kier molecular flexibility index (Phi) is 6.39. The molecule has 0 spiro atoms. The van der Waals surface area contributed by atoms with Crippen molar-refractivity contribution in [2.75, 3.05) is 14.2 Å². The molecule has 0 fully saturated rings. The molecule has 1 atom stereocenters. The number of methoxy groups -OCH3 is 2. The zero-order chi connectivity index (χ0) is 18.2.